The van der Waals surface area contributed by atoms with E-state index in [2.05, 4.69) is 44.7 Å². The van der Waals surface area contributed by atoms with Crippen LogP contribution < -0.4 is 5.73 Å². The summed E-state index contributed by atoms with van der Waals surface area (Å²) < 4.78 is 0. The number of rotatable bonds is 3. The van der Waals surface area contributed by atoms with Crippen molar-refractivity contribution in [3.05, 3.63) is 21.9 Å². The molecule has 1 fully saturated rings. The number of hydrogen-bond donors (Lipinski definition) is 1. The van der Waals surface area contributed by atoms with Crippen LogP contribution in [0.2, 0.25) is 0 Å². The lowest BCUT2D eigenvalue weighted by molar-refractivity contribution is 0.276. The Morgan fingerprint density at radius 2 is 2.11 bits per heavy atom. The number of likely N-dealkylation sites (tertiary alicyclic amines) is 1. The maximum atomic E-state index is 5.86. The number of nitrogens with two attached hydrogens (primary N) is 1. The van der Waals surface area contributed by atoms with E-state index in [0.717, 1.165) is 19.6 Å². The zero-order valence-corrected chi connectivity index (χ0v) is 12.9. The third-order valence-electron chi connectivity index (χ3n) is 3.91. The molecule has 2 heterocycles. The third kappa shape index (κ3) is 3.14. The highest BCUT2D eigenvalue weighted by atomic mass is 32.1. The zero-order valence-electron chi connectivity index (χ0n) is 12.1. The van der Waals surface area contributed by atoms with Gasteiger partial charge in [-0.3, -0.25) is 4.90 Å². The summed E-state index contributed by atoms with van der Waals surface area (Å²) >= 11 is 1.96. The molecule has 1 atom stereocenters. The molecule has 102 valence electrons. The molecule has 0 amide bonds. The summed E-state index contributed by atoms with van der Waals surface area (Å²) in [6, 6.07) is 4.58. The fraction of sp³-hybridized carbons (Fsp3) is 0.733. The van der Waals surface area contributed by atoms with Gasteiger partial charge in [0, 0.05) is 22.8 Å². The molecule has 2 nitrogen and oxygen atoms in total. The van der Waals surface area contributed by atoms with Gasteiger partial charge in [-0.2, -0.15) is 0 Å². The maximum absolute atomic E-state index is 5.86. The summed E-state index contributed by atoms with van der Waals surface area (Å²) in [5, 5.41) is 0. The molecule has 1 aromatic heterocycles. The van der Waals surface area contributed by atoms with Gasteiger partial charge in [0.05, 0.1) is 0 Å². The average Bonchev–Trinajstić information content (AvgIpc) is 2.86. The van der Waals surface area contributed by atoms with Gasteiger partial charge < -0.3 is 5.73 Å². The van der Waals surface area contributed by atoms with E-state index in [1.807, 2.05) is 11.3 Å². The summed E-state index contributed by atoms with van der Waals surface area (Å²) in [6.45, 7) is 13.4. The van der Waals surface area contributed by atoms with Crippen LogP contribution in [0.5, 0.6) is 0 Å². The van der Waals surface area contributed by atoms with Crippen molar-refractivity contribution < 1.29 is 0 Å². The minimum absolute atomic E-state index is 0.277. The molecule has 1 aliphatic rings. The van der Waals surface area contributed by atoms with Gasteiger partial charge in [-0.05, 0) is 42.5 Å². The Kier molecular flexibility index (Phi) is 3.86. The van der Waals surface area contributed by atoms with Crippen molar-refractivity contribution >= 4 is 11.3 Å². The standard InChI is InChI=1S/C15H26N2S/c1-14(2,3)13-6-5-12(18-13)9-17-8-7-15(4,10-16)11-17/h5-6H,7-11,16H2,1-4H3. The third-order valence-corrected chi connectivity index (χ3v) is 5.41. The molecule has 1 aliphatic heterocycles. The second-order valence-corrected chi connectivity index (χ2v) is 8.16. The lowest BCUT2D eigenvalue weighted by atomic mass is 9.90. The lowest BCUT2D eigenvalue weighted by Crippen LogP contribution is -2.30. The normalized spacial score (nSPS) is 25.8. The SMILES string of the molecule is CC1(CN)CCN(Cc2ccc(C(C)(C)C)s2)C1. The Morgan fingerprint density at radius 1 is 1.39 bits per heavy atom. The monoisotopic (exact) mass is 266 g/mol. The molecule has 0 spiro atoms. The van der Waals surface area contributed by atoms with Gasteiger partial charge in [-0.1, -0.05) is 27.7 Å². The predicted molar refractivity (Wildman–Crippen MR) is 80.1 cm³/mol. The van der Waals surface area contributed by atoms with E-state index in [-0.39, 0.29) is 5.41 Å². The Balaban J connectivity index is 1.97. The van der Waals surface area contributed by atoms with E-state index in [1.165, 1.54) is 22.7 Å². The van der Waals surface area contributed by atoms with E-state index in [4.69, 9.17) is 5.73 Å². The molecular weight excluding hydrogens is 240 g/mol. The van der Waals surface area contributed by atoms with Crippen LogP contribution in [0.4, 0.5) is 0 Å². The molecule has 0 aliphatic carbocycles. The van der Waals surface area contributed by atoms with E-state index in [1.54, 1.807) is 0 Å². The molecule has 0 saturated carbocycles. The van der Waals surface area contributed by atoms with Crippen molar-refractivity contribution in [2.24, 2.45) is 11.1 Å². The van der Waals surface area contributed by atoms with Gasteiger partial charge in [0.2, 0.25) is 0 Å². The van der Waals surface area contributed by atoms with E-state index >= 15 is 0 Å². The van der Waals surface area contributed by atoms with Crippen LogP contribution in [0.3, 0.4) is 0 Å². The second kappa shape index (κ2) is 4.95. The van der Waals surface area contributed by atoms with Crippen LogP contribution in [0.1, 0.15) is 43.9 Å². The fourth-order valence-electron chi connectivity index (χ4n) is 2.51. The second-order valence-electron chi connectivity index (χ2n) is 6.99. The van der Waals surface area contributed by atoms with Crippen LogP contribution in [0, 0.1) is 5.41 Å². The van der Waals surface area contributed by atoms with E-state index < -0.39 is 0 Å². The first-order valence-corrected chi connectivity index (χ1v) is 7.66. The van der Waals surface area contributed by atoms with Crippen molar-refractivity contribution in [3.8, 4) is 0 Å². The highest BCUT2D eigenvalue weighted by molar-refractivity contribution is 7.12. The largest absolute Gasteiger partial charge is 0.330 e. The number of hydrogen-bond acceptors (Lipinski definition) is 3. The van der Waals surface area contributed by atoms with Gasteiger partial charge in [0.1, 0.15) is 0 Å². The molecule has 1 saturated heterocycles. The van der Waals surface area contributed by atoms with Crippen molar-refractivity contribution in [1.29, 1.82) is 0 Å². The van der Waals surface area contributed by atoms with Crippen molar-refractivity contribution in [1.82, 2.24) is 4.90 Å². The van der Waals surface area contributed by atoms with Crippen LogP contribution in [-0.2, 0) is 12.0 Å². The Bertz CT molecular complexity index is 405. The summed E-state index contributed by atoms with van der Waals surface area (Å²) in [4.78, 5) is 5.52. The molecule has 2 N–H and O–H groups in total. The first-order chi connectivity index (χ1) is 8.32. The van der Waals surface area contributed by atoms with E-state index in [9.17, 15) is 0 Å². The Morgan fingerprint density at radius 3 is 2.61 bits per heavy atom. The minimum Gasteiger partial charge on any atom is -0.330 e. The Hall–Kier alpha value is -0.380. The van der Waals surface area contributed by atoms with Gasteiger partial charge in [-0.25, -0.2) is 0 Å². The number of nitrogens with zero attached hydrogens (tertiary/aromatic N) is 1. The lowest BCUT2D eigenvalue weighted by Gasteiger charge is -2.22. The van der Waals surface area contributed by atoms with Crippen LogP contribution in [0.25, 0.3) is 0 Å². The maximum Gasteiger partial charge on any atom is 0.0328 e. The fourth-order valence-corrected chi connectivity index (χ4v) is 3.62. The first kappa shape index (κ1) is 14.0. The van der Waals surface area contributed by atoms with Gasteiger partial charge in [0.25, 0.3) is 0 Å². The molecule has 0 bridgehead atoms. The van der Waals surface area contributed by atoms with Crippen LogP contribution in [-0.4, -0.2) is 24.5 Å². The van der Waals surface area contributed by atoms with Gasteiger partial charge in [-0.15, -0.1) is 11.3 Å². The van der Waals surface area contributed by atoms with Gasteiger partial charge >= 0.3 is 0 Å². The molecule has 0 radical (unpaired) electrons. The number of thiophene rings is 1. The smallest absolute Gasteiger partial charge is 0.0328 e. The summed E-state index contributed by atoms with van der Waals surface area (Å²) in [7, 11) is 0. The molecule has 1 unspecified atom stereocenters. The quantitative estimate of drug-likeness (QED) is 0.910. The topological polar surface area (TPSA) is 29.3 Å². The molecule has 3 heteroatoms. The van der Waals surface area contributed by atoms with Gasteiger partial charge in [0.15, 0.2) is 0 Å². The highest BCUT2D eigenvalue weighted by Crippen LogP contribution is 2.33. The van der Waals surface area contributed by atoms with Crippen molar-refractivity contribution in [2.75, 3.05) is 19.6 Å². The van der Waals surface area contributed by atoms with Crippen LogP contribution >= 0.6 is 11.3 Å². The zero-order chi connectivity index (χ0) is 13.4. The predicted octanol–water partition coefficient (Wildman–Crippen LogP) is 3.22. The van der Waals surface area contributed by atoms with Crippen molar-refractivity contribution in [2.45, 2.75) is 46.1 Å². The summed E-state index contributed by atoms with van der Waals surface area (Å²) in [5.74, 6) is 0. The first-order valence-electron chi connectivity index (χ1n) is 6.84. The molecule has 2 rings (SSSR count). The summed E-state index contributed by atoms with van der Waals surface area (Å²) in [5.41, 5.74) is 6.48. The summed E-state index contributed by atoms with van der Waals surface area (Å²) in [6.07, 6.45) is 1.24. The molecule has 0 aromatic carbocycles. The molecular formula is C15H26N2S. The van der Waals surface area contributed by atoms with E-state index in [0.29, 0.717) is 5.41 Å². The highest BCUT2D eigenvalue weighted by Gasteiger charge is 2.32. The molecule has 1 aromatic rings. The minimum atomic E-state index is 0.277. The Labute approximate surface area is 115 Å². The van der Waals surface area contributed by atoms with Crippen molar-refractivity contribution in [3.63, 3.8) is 0 Å². The van der Waals surface area contributed by atoms with Crippen LogP contribution in [0.15, 0.2) is 12.1 Å². The molecule has 18 heavy (non-hydrogen) atoms. The average molecular weight is 266 g/mol.